The average molecular weight is 261 g/mol. The fourth-order valence-corrected chi connectivity index (χ4v) is 1.78. The van der Waals surface area contributed by atoms with Crippen LogP contribution in [0.4, 0.5) is 4.39 Å². The lowest BCUT2D eigenvalue weighted by molar-refractivity contribution is -0.324. The van der Waals surface area contributed by atoms with Gasteiger partial charge < -0.3 is 19.7 Å². The SMILES string of the molecule is CC1(C)OC[C@@H](O)[C@H]([C@@H](O)[C@H](F)n2ccnn2)O1. The van der Waals surface area contributed by atoms with Gasteiger partial charge in [0.05, 0.1) is 12.8 Å². The van der Waals surface area contributed by atoms with E-state index in [4.69, 9.17) is 9.47 Å². The van der Waals surface area contributed by atoms with Gasteiger partial charge in [-0.15, -0.1) is 5.10 Å². The lowest BCUT2D eigenvalue weighted by Crippen LogP contribution is -2.55. The normalized spacial score (nSPS) is 30.9. The van der Waals surface area contributed by atoms with Crippen LogP contribution in [-0.4, -0.2) is 55.9 Å². The highest BCUT2D eigenvalue weighted by Crippen LogP contribution is 2.28. The Morgan fingerprint density at radius 1 is 1.56 bits per heavy atom. The Kier molecular flexibility index (Phi) is 3.62. The van der Waals surface area contributed by atoms with E-state index in [9.17, 15) is 14.6 Å². The maximum atomic E-state index is 14.0. The van der Waals surface area contributed by atoms with E-state index < -0.39 is 30.4 Å². The molecule has 0 radical (unpaired) electrons. The van der Waals surface area contributed by atoms with Crippen molar-refractivity contribution in [3.05, 3.63) is 12.4 Å². The van der Waals surface area contributed by atoms with Crippen molar-refractivity contribution in [1.29, 1.82) is 0 Å². The first-order valence-corrected chi connectivity index (χ1v) is 5.58. The van der Waals surface area contributed by atoms with Crippen LogP contribution in [0.25, 0.3) is 0 Å². The van der Waals surface area contributed by atoms with Gasteiger partial charge in [-0.3, -0.25) is 0 Å². The number of rotatable bonds is 3. The Balaban J connectivity index is 2.09. The molecule has 2 rings (SSSR count). The van der Waals surface area contributed by atoms with Gasteiger partial charge in [0.2, 0.25) is 6.30 Å². The Morgan fingerprint density at radius 2 is 2.28 bits per heavy atom. The molecule has 2 heterocycles. The van der Waals surface area contributed by atoms with Gasteiger partial charge in [0.1, 0.15) is 18.3 Å². The Labute approximate surface area is 103 Å². The number of aliphatic hydroxyl groups excluding tert-OH is 2. The van der Waals surface area contributed by atoms with E-state index in [1.54, 1.807) is 13.8 Å². The van der Waals surface area contributed by atoms with Gasteiger partial charge in [0, 0.05) is 6.20 Å². The summed E-state index contributed by atoms with van der Waals surface area (Å²) in [6, 6.07) is 0. The monoisotopic (exact) mass is 261 g/mol. The second-order valence-electron chi connectivity index (χ2n) is 4.61. The minimum absolute atomic E-state index is 0.0290. The molecule has 8 heteroatoms. The molecule has 1 aliphatic rings. The molecule has 0 aromatic carbocycles. The van der Waals surface area contributed by atoms with Crippen molar-refractivity contribution < 1.29 is 24.1 Å². The first-order chi connectivity index (χ1) is 8.41. The molecule has 4 atom stereocenters. The third-order valence-corrected chi connectivity index (χ3v) is 2.71. The van der Waals surface area contributed by atoms with Crippen LogP contribution in [0.5, 0.6) is 0 Å². The van der Waals surface area contributed by atoms with Crippen LogP contribution in [0.1, 0.15) is 20.1 Å². The molecule has 7 nitrogen and oxygen atoms in total. The molecular weight excluding hydrogens is 245 g/mol. The summed E-state index contributed by atoms with van der Waals surface area (Å²) in [5.41, 5.74) is 0. The first-order valence-electron chi connectivity index (χ1n) is 5.58. The molecule has 0 spiro atoms. The van der Waals surface area contributed by atoms with E-state index >= 15 is 0 Å². The summed E-state index contributed by atoms with van der Waals surface area (Å²) < 4.78 is 25.3. The van der Waals surface area contributed by atoms with Gasteiger partial charge in [-0.2, -0.15) is 0 Å². The number of alkyl halides is 1. The van der Waals surface area contributed by atoms with Gasteiger partial charge in [-0.1, -0.05) is 5.21 Å². The summed E-state index contributed by atoms with van der Waals surface area (Å²) in [5.74, 6) is -0.979. The molecule has 0 unspecified atom stereocenters. The van der Waals surface area contributed by atoms with Crippen molar-refractivity contribution in [3.8, 4) is 0 Å². The number of hydrogen-bond donors (Lipinski definition) is 2. The van der Waals surface area contributed by atoms with Crippen LogP contribution >= 0.6 is 0 Å². The fourth-order valence-electron chi connectivity index (χ4n) is 1.78. The second kappa shape index (κ2) is 4.88. The maximum absolute atomic E-state index is 14.0. The largest absolute Gasteiger partial charge is 0.388 e. The standard InChI is InChI=1S/C10H16FN3O4/c1-10(2)17-5-6(15)8(18-10)7(16)9(11)14-4-3-12-13-14/h3-4,6-9,15-16H,5H2,1-2H3/t6-,7-,8-,9-/m1/s1. The smallest absolute Gasteiger partial charge is 0.221 e. The minimum atomic E-state index is -1.85. The third kappa shape index (κ3) is 2.66. The molecule has 1 aromatic heterocycles. The van der Waals surface area contributed by atoms with Crippen LogP contribution in [0.2, 0.25) is 0 Å². The number of hydrogen-bond acceptors (Lipinski definition) is 6. The van der Waals surface area contributed by atoms with Crippen molar-refractivity contribution in [2.75, 3.05) is 6.61 Å². The summed E-state index contributed by atoms with van der Waals surface area (Å²) >= 11 is 0. The number of ether oxygens (including phenoxy) is 2. The zero-order chi connectivity index (χ0) is 13.3. The molecule has 102 valence electrons. The van der Waals surface area contributed by atoms with Crippen LogP contribution in [0.3, 0.4) is 0 Å². The molecule has 0 amide bonds. The topological polar surface area (TPSA) is 89.6 Å². The molecule has 0 saturated carbocycles. The first kappa shape index (κ1) is 13.3. The average Bonchev–Trinajstić information content (AvgIpc) is 2.84. The predicted molar refractivity (Wildman–Crippen MR) is 57.1 cm³/mol. The van der Waals surface area contributed by atoms with Crippen molar-refractivity contribution >= 4 is 0 Å². The summed E-state index contributed by atoms with van der Waals surface area (Å²) in [4.78, 5) is 0. The molecule has 1 aromatic rings. The summed E-state index contributed by atoms with van der Waals surface area (Å²) in [7, 11) is 0. The maximum Gasteiger partial charge on any atom is 0.221 e. The highest BCUT2D eigenvalue weighted by atomic mass is 19.1. The van der Waals surface area contributed by atoms with Crippen molar-refractivity contribution in [1.82, 2.24) is 15.0 Å². The molecule has 18 heavy (non-hydrogen) atoms. The van der Waals surface area contributed by atoms with E-state index in [0.717, 1.165) is 4.68 Å². The molecule has 0 bridgehead atoms. The summed E-state index contributed by atoms with van der Waals surface area (Å²) in [6.07, 6.45) is -3.02. The van der Waals surface area contributed by atoms with Crippen LogP contribution in [0.15, 0.2) is 12.4 Å². The lowest BCUT2D eigenvalue weighted by Gasteiger charge is -2.41. The van der Waals surface area contributed by atoms with E-state index in [2.05, 4.69) is 10.3 Å². The number of halogens is 1. The quantitative estimate of drug-likeness (QED) is 0.771. The highest BCUT2D eigenvalue weighted by Gasteiger charge is 2.43. The number of aliphatic hydroxyl groups is 2. The van der Waals surface area contributed by atoms with E-state index in [0.29, 0.717) is 0 Å². The summed E-state index contributed by atoms with van der Waals surface area (Å²) in [6.45, 7) is 3.22. The highest BCUT2D eigenvalue weighted by molar-refractivity contribution is 4.86. The Morgan fingerprint density at radius 3 is 2.89 bits per heavy atom. The van der Waals surface area contributed by atoms with Crippen molar-refractivity contribution in [2.45, 2.75) is 44.2 Å². The summed E-state index contributed by atoms with van der Waals surface area (Å²) in [5, 5.41) is 26.5. The molecule has 0 aliphatic carbocycles. The zero-order valence-corrected chi connectivity index (χ0v) is 10.1. The van der Waals surface area contributed by atoms with Gasteiger partial charge in [0.15, 0.2) is 5.79 Å². The van der Waals surface area contributed by atoms with Gasteiger partial charge in [-0.25, -0.2) is 9.07 Å². The van der Waals surface area contributed by atoms with Gasteiger partial charge in [0.25, 0.3) is 0 Å². The number of nitrogens with zero attached hydrogens (tertiary/aromatic N) is 3. The molecule has 1 saturated heterocycles. The van der Waals surface area contributed by atoms with Crippen LogP contribution < -0.4 is 0 Å². The molecule has 1 aliphatic heterocycles. The van der Waals surface area contributed by atoms with Crippen LogP contribution in [-0.2, 0) is 9.47 Å². The van der Waals surface area contributed by atoms with Crippen molar-refractivity contribution in [2.24, 2.45) is 0 Å². The molecular formula is C10H16FN3O4. The van der Waals surface area contributed by atoms with Crippen LogP contribution in [0, 0.1) is 0 Å². The predicted octanol–water partition coefficient (Wildman–Crippen LogP) is -0.381. The third-order valence-electron chi connectivity index (χ3n) is 2.71. The number of aromatic nitrogens is 3. The van der Waals surface area contributed by atoms with E-state index in [-0.39, 0.29) is 6.61 Å². The molecule has 1 fully saturated rings. The zero-order valence-electron chi connectivity index (χ0n) is 10.1. The van der Waals surface area contributed by atoms with E-state index in [1.165, 1.54) is 12.4 Å². The fraction of sp³-hybridized carbons (Fsp3) is 0.800. The van der Waals surface area contributed by atoms with E-state index in [1.807, 2.05) is 0 Å². The Hall–Kier alpha value is -1.09. The van der Waals surface area contributed by atoms with Gasteiger partial charge in [-0.05, 0) is 13.8 Å². The lowest BCUT2D eigenvalue weighted by atomic mass is 10.1. The molecule has 2 N–H and O–H groups in total. The Bertz CT molecular complexity index is 386. The minimum Gasteiger partial charge on any atom is -0.388 e. The van der Waals surface area contributed by atoms with Crippen molar-refractivity contribution in [3.63, 3.8) is 0 Å². The van der Waals surface area contributed by atoms with Gasteiger partial charge >= 0.3 is 0 Å². The second-order valence-corrected chi connectivity index (χ2v) is 4.61.